The van der Waals surface area contributed by atoms with Gasteiger partial charge in [-0.2, -0.15) is 0 Å². The van der Waals surface area contributed by atoms with Gasteiger partial charge >= 0.3 is 0 Å². The number of carbonyl (C=O) groups is 1. The van der Waals surface area contributed by atoms with Gasteiger partial charge in [0.25, 0.3) is 0 Å². The van der Waals surface area contributed by atoms with Crippen molar-refractivity contribution >= 4 is 11.6 Å². The third-order valence-corrected chi connectivity index (χ3v) is 3.99. The minimum Gasteiger partial charge on any atom is -0.324 e. The van der Waals surface area contributed by atoms with Gasteiger partial charge in [-0.1, -0.05) is 18.2 Å². The molecule has 2 atom stereocenters. The molecule has 1 aliphatic heterocycles. The molecule has 1 amide bonds. The van der Waals surface area contributed by atoms with E-state index in [0.29, 0.717) is 18.6 Å². The van der Waals surface area contributed by atoms with Crippen molar-refractivity contribution in [3.63, 3.8) is 0 Å². The van der Waals surface area contributed by atoms with E-state index >= 15 is 0 Å². The smallest absolute Gasteiger partial charge is 0.238 e. The standard InChI is InChI=1S/C16H25N3O/c1-11-6-5-7-12(2)16(11)18-15(20)10-19-9-13(3)17-8-14(19)4/h5-7,13-14,17H,8-10H2,1-4H3,(H,18,20). The Balaban J connectivity index is 1.98. The van der Waals surface area contributed by atoms with Gasteiger partial charge < -0.3 is 10.6 Å². The van der Waals surface area contributed by atoms with Crippen LogP contribution in [-0.2, 0) is 4.79 Å². The van der Waals surface area contributed by atoms with Crippen LogP contribution in [0.2, 0.25) is 0 Å². The van der Waals surface area contributed by atoms with Gasteiger partial charge in [-0.05, 0) is 38.8 Å². The molecule has 1 aromatic carbocycles. The molecule has 4 heteroatoms. The van der Waals surface area contributed by atoms with Gasteiger partial charge in [0.1, 0.15) is 0 Å². The number of rotatable bonds is 3. The fourth-order valence-electron chi connectivity index (χ4n) is 2.69. The number of carbonyl (C=O) groups excluding carboxylic acids is 1. The highest BCUT2D eigenvalue weighted by Gasteiger charge is 2.24. The van der Waals surface area contributed by atoms with Crippen LogP contribution in [0.5, 0.6) is 0 Å². The maximum atomic E-state index is 12.3. The number of anilines is 1. The van der Waals surface area contributed by atoms with Crippen LogP contribution in [0.3, 0.4) is 0 Å². The van der Waals surface area contributed by atoms with Crippen molar-refractivity contribution in [3.05, 3.63) is 29.3 Å². The number of hydrogen-bond donors (Lipinski definition) is 2. The molecule has 0 aliphatic carbocycles. The molecule has 1 heterocycles. The van der Waals surface area contributed by atoms with E-state index in [2.05, 4.69) is 29.4 Å². The van der Waals surface area contributed by atoms with Crippen molar-refractivity contribution in [2.75, 3.05) is 25.0 Å². The summed E-state index contributed by atoms with van der Waals surface area (Å²) in [6.07, 6.45) is 0. The normalized spacial score (nSPS) is 23.6. The Bertz CT molecular complexity index is 466. The fraction of sp³-hybridized carbons (Fsp3) is 0.562. The van der Waals surface area contributed by atoms with Gasteiger partial charge in [0.05, 0.1) is 6.54 Å². The molecule has 110 valence electrons. The topological polar surface area (TPSA) is 44.4 Å². The highest BCUT2D eigenvalue weighted by atomic mass is 16.2. The lowest BCUT2D eigenvalue weighted by atomic mass is 10.1. The van der Waals surface area contributed by atoms with Crippen LogP contribution in [0.4, 0.5) is 5.69 Å². The summed E-state index contributed by atoms with van der Waals surface area (Å²) in [5.41, 5.74) is 3.17. The SMILES string of the molecule is Cc1cccc(C)c1NC(=O)CN1CC(C)NCC1C. The molecule has 4 nitrogen and oxygen atoms in total. The minimum atomic E-state index is 0.0725. The average molecular weight is 275 g/mol. The summed E-state index contributed by atoms with van der Waals surface area (Å²) < 4.78 is 0. The predicted molar refractivity (Wildman–Crippen MR) is 83.0 cm³/mol. The molecule has 2 unspecified atom stereocenters. The van der Waals surface area contributed by atoms with Gasteiger partial charge in [-0.3, -0.25) is 9.69 Å². The number of nitrogens with zero attached hydrogens (tertiary/aromatic N) is 1. The van der Waals surface area contributed by atoms with Crippen LogP contribution in [0.15, 0.2) is 18.2 Å². The largest absolute Gasteiger partial charge is 0.324 e. The van der Waals surface area contributed by atoms with Crippen molar-refractivity contribution in [2.45, 2.75) is 39.8 Å². The van der Waals surface area contributed by atoms with Gasteiger partial charge in [0.2, 0.25) is 5.91 Å². The maximum Gasteiger partial charge on any atom is 0.238 e. The quantitative estimate of drug-likeness (QED) is 0.886. The van der Waals surface area contributed by atoms with Gasteiger partial charge in [-0.25, -0.2) is 0 Å². The molecule has 1 saturated heterocycles. The maximum absolute atomic E-state index is 12.3. The molecule has 20 heavy (non-hydrogen) atoms. The molecule has 0 radical (unpaired) electrons. The summed E-state index contributed by atoms with van der Waals surface area (Å²) in [5, 5.41) is 6.49. The molecule has 0 aromatic heterocycles. The molecule has 2 rings (SSSR count). The number of hydrogen-bond acceptors (Lipinski definition) is 3. The van der Waals surface area contributed by atoms with Crippen molar-refractivity contribution in [1.82, 2.24) is 10.2 Å². The van der Waals surface area contributed by atoms with E-state index in [4.69, 9.17) is 0 Å². The van der Waals surface area contributed by atoms with Crippen molar-refractivity contribution in [1.29, 1.82) is 0 Å². The first-order valence-electron chi connectivity index (χ1n) is 7.31. The molecular weight excluding hydrogens is 250 g/mol. The van der Waals surface area contributed by atoms with Crippen LogP contribution >= 0.6 is 0 Å². The molecule has 2 N–H and O–H groups in total. The van der Waals surface area contributed by atoms with Gasteiger partial charge in [-0.15, -0.1) is 0 Å². The second kappa shape index (κ2) is 6.37. The number of piperazine rings is 1. The lowest BCUT2D eigenvalue weighted by Crippen LogP contribution is -2.55. The zero-order chi connectivity index (χ0) is 14.7. The first-order valence-corrected chi connectivity index (χ1v) is 7.31. The van der Waals surface area contributed by atoms with E-state index in [1.807, 2.05) is 32.0 Å². The lowest BCUT2D eigenvalue weighted by Gasteiger charge is -2.37. The summed E-state index contributed by atoms with van der Waals surface area (Å²) in [5.74, 6) is 0.0725. The zero-order valence-electron chi connectivity index (χ0n) is 12.9. The Kier molecular flexibility index (Phi) is 4.78. The Morgan fingerprint density at radius 3 is 2.65 bits per heavy atom. The summed E-state index contributed by atoms with van der Waals surface area (Å²) in [4.78, 5) is 14.5. The molecule has 0 saturated carbocycles. The summed E-state index contributed by atoms with van der Waals surface area (Å²) >= 11 is 0. The van der Waals surface area contributed by atoms with Crippen LogP contribution in [-0.4, -0.2) is 42.5 Å². The number of benzene rings is 1. The first-order chi connectivity index (χ1) is 9.47. The fourth-order valence-corrected chi connectivity index (χ4v) is 2.69. The Hall–Kier alpha value is -1.39. The van der Waals surface area contributed by atoms with Crippen molar-refractivity contribution in [2.24, 2.45) is 0 Å². The number of aryl methyl sites for hydroxylation is 2. The molecule has 0 spiro atoms. The number of nitrogens with one attached hydrogen (secondary N) is 2. The minimum absolute atomic E-state index is 0.0725. The monoisotopic (exact) mass is 275 g/mol. The van der Waals surface area contributed by atoms with E-state index in [-0.39, 0.29) is 5.91 Å². The summed E-state index contributed by atoms with van der Waals surface area (Å²) in [6, 6.07) is 6.91. The van der Waals surface area contributed by atoms with Gasteiger partial charge in [0.15, 0.2) is 0 Å². The van der Waals surface area contributed by atoms with E-state index in [9.17, 15) is 4.79 Å². The van der Waals surface area contributed by atoms with E-state index in [0.717, 1.165) is 29.9 Å². The van der Waals surface area contributed by atoms with Crippen LogP contribution in [0.1, 0.15) is 25.0 Å². The molecule has 1 fully saturated rings. The summed E-state index contributed by atoms with van der Waals surface area (Å²) in [6.45, 7) is 10.7. The number of amides is 1. The average Bonchev–Trinajstić information content (AvgIpc) is 2.38. The Labute approximate surface area is 121 Å². The third-order valence-electron chi connectivity index (χ3n) is 3.99. The Morgan fingerprint density at radius 1 is 1.35 bits per heavy atom. The predicted octanol–water partition coefficient (Wildman–Crippen LogP) is 1.92. The van der Waals surface area contributed by atoms with E-state index in [1.54, 1.807) is 0 Å². The second-order valence-corrected chi connectivity index (χ2v) is 5.90. The zero-order valence-corrected chi connectivity index (χ0v) is 12.9. The van der Waals surface area contributed by atoms with Crippen molar-refractivity contribution in [3.8, 4) is 0 Å². The van der Waals surface area contributed by atoms with Crippen LogP contribution < -0.4 is 10.6 Å². The molecular formula is C16H25N3O. The van der Waals surface area contributed by atoms with E-state index < -0.39 is 0 Å². The molecule has 1 aromatic rings. The van der Waals surface area contributed by atoms with Gasteiger partial charge in [0, 0.05) is 30.9 Å². The molecule has 1 aliphatic rings. The summed E-state index contributed by atoms with van der Waals surface area (Å²) in [7, 11) is 0. The second-order valence-electron chi connectivity index (χ2n) is 5.90. The Morgan fingerprint density at radius 2 is 2.00 bits per heavy atom. The third kappa shape index (κ3) is 3.58. The highest BCUT2D eigenvalue weighted by molar-refractivity contribution is 5.93. The lowest BCUT2D eigenvalue weighted by molar-refractivity contribution is -0.118. The van der Waals surface area contributed by atoms with E-state index in [1.165, 1.54) is 0 Å². The first kappa shape index (κ1) is 15.0. The number of para-hydroxylation sites is 1. The van der Waals surface area contributed by atoms with Crippen LogP contribution in [0, 0.1) is 13.8 Å². The highest BCUT2D eigenvalue weighted by Crippen LogP contribution is 2.19. The molecule has 0 bridgehead atoms. The van der Waals surface area contributed by atoms with Crippen molar-refractivity contribution < 1.29 is 4.79 Å². The van der Waals surface area contributed by atoms with Crippen LogP contribution in [0.25, 0.3) is 0 Å².